The summed E-state index contributed by atoms with van der Waals surface area (Å²) in [7, 11) is 1.40. The summed E-state index contributed by atoms with van der Waals surface area (Å²) < 4.78 is 4.72. The first kappa shape index (κ1) is 12.4. The van der Waals surface area contributed by atoms with Gasteiger partial charge >= 0.3 is 5.97 Å². The highest BCUT2D eigenvalue weighted by Gasteiger charge is 2.13. The van der Waals surface area contributed by atoms with Crippen LogP contribution in [0.1, 0.15) is 12.5 Å². The van der Waals surface area contributed by atoms with E-state index in [2.05, 4.69) is 0 Å². The Kier molecular flexibility index (Phi) is 3.51. The summed E-state index contributed by atoms with van der Waals surface area (Å²) >= 11 is 0. The van der Waals surface area contributed by atoms with E-state index in [9.17, 15) is 9.90 Å². The minimum Gasteiger partial charge on any atom is -0.508 e. The average Bonchev–Trinajstić information content (AvgIpc) is 2.38. The van der Waals surface area contributed by atoms with E-state index < -0.39 is 0 Å². The molecule has 0 aliphatic heterocycles. The molecule has 0 amide bonds. The predicted octanol–water partition coefficient (Wildman–Crippen LogP) is 2.90. The van der Waals surface area contributed by atoms with Crippen molar-refractivity contribution in [2.75, 3.05) is 7.11 Å². The van der Waals surface area contributed by atoms with Crippen LogP contribution in [0.5, 0.6) is 5.75 Å². The van der Waals surface area contributed by atoms with Gasteiger partial charge in [0.25, 0.3) is 0 Å². The number of carbonyl (C=O) groups is 1. The molecule has 3 nitrogen and oxygen atoms in total. The third-order valence-corrected chi connectivity index (χ3v) is 3.03. The molecule has 0 fully saturated rings. The maximum atomic E-state index is 11.4. The number of phenols is 1. The lowest BCUT2D eigenvalue weighted by Gasteiger charge is -2.09. The van der Waals surface area contributed by atoms with Gasteiger partial charge in [-0.05, 0) is 34.9 Å². The van der Waals surface area contributed by atoms with Crippen LogP contribution in [0.4, 0.5) is 0 Å². The Hall–Kier alpha value is -2.03. The first-order chi connectivity index (χ1) is 8.60. The number of esters is 1. The fourth-order valence-electron chi connectivity index (χ4n) is 2.05. The van der Waals surface area contributed by atoms with E-state index in [1.807, 2.05) is 31.2 Å². The van der Waals surface area contributed by atoms with Gasteiger partial charge in [-0.2, -0.15) is 0 Å². The van der Waals surface area contributed by atoms with E-state index >= 15 is 0 Å². The summed E-state index contributed by atoms with van der Waals surface area (Å²) in [6.07, 6.45) is 0.656. The van der Waals surface area contributed by atoms with Crippen molar-refractivity contribution in [2.24, 2.45) is 5.92 Å². The van der Waals surface area contributed by atoms with Crippen molar-refractivity contribution in [3.05, 3.63) is 42.0 Å². The molecule has 2 rings (SSSR count). The van der Waals surface area contributed by atoms with Crippen LogP contribution in [0.25, 0.3) is 10.8 Å². The van der Waals surface area contributed by atoms with Gasteiger partial charge in [-0.1, -0.05) is 31.2 Å². The molecule has 3 heteroatoms. The number of methoxy groups -OCH3 is 1. The van der Waals surface area contributed by atoms with Crippen LogP contribution in [0.3, 0.4) is 0 Å². The lowest BCUT2D eigenvalue weighted by molar-refractivity contribution is -0.144. The number of ether oxygens (including phenoxy) is 1. The van der Waals surface area contributed by atoms with Gasteiger partial charge in [-0.15, -0.1) is 0 Å². The Morgan fingerprint density at radius 1 is 1.22 bits per heavy atom. The largest absolute Gasteiger partial charge is 0.508 e. The number of hydrogen-bond acceptors (Lipinski definition) is 3. The lowest BCUT2D eigenvalue weighted by atomic mass is 9.98. The van der Waals surface area contributed by atoms with Crippen molar-refractivity contribution in [1.82, 2.24) is 0 Å². The van der Waals surface area contributed by atoms with Crippen molar-refractivity contribution in [3.8, 4) is 5.75 Å². The van der Waals surface area contributed by atoms with E-state index in [1.54, 1.807) is 12.1 Å². The zero-order valence-electron chi connectivity index (χ0n) is 10.5. The molecular formula is C15H16O3. The maximum Gasteiger partial charge on any atom is 0.308 e. The summed E-state index contributed by atoms with van der Waals surface area (Å²) in [5.41, 5.74) is 1.09. The molecule has 0 heterocycles. The summed E-state index contributed by atoms with van der Waals surface area (Å²) in [6, 6.07) is 11.2. The van der Waals surface area contributed by atoms with E-state index in [1.165, 1.54) is 7.11 Å². The highest BCUT2D eigenvalue weighted by atomic mass is 16.5. The van der Waals surface area contributed by atoms with Crippen LogP contribution in [-0.4, -0.2) is 18.2 Å². The molecule has 1 unspecified atom stereocenters. The maximum absolute atomic E-state index is 11.4. The molecule has 0 aliphatic carbocycles. The second kappa shape index (κ2) is 5.08. The minimum absolute atomic E-state index is 0.149. The Labute approximate surface area is 106 Å². The third-order valence-electron chi connectivity index (χ3n) is 3.03. The molecule has 2 aromatic rings. The Morgan fingerprint density at radius 3 is 2.61 bits per heavy atom. The molecule has 0 radical (unpaired) electrons. The first-order valence-electron chi connectivity index (χ1n) is 5.89. The fourth-order valence-corrected chi connectivity index (χ4v) is 2.05. The van der Waals surface area contributed by atoms with Crippen LogP contribution in [0, 0.1) is 5.92 Å². The highest BCUT2D eigenvalue weighted by molar-refractivity contribution is 5.84. The molecule has 18 heavy (non-hydrogen) atoms. The molecule has 0 saturated carbocycles. The zero-order chi connectivity index (χ0) is 13.1. The van der Waals surface area contributed by atoms with Crippen LogP contribution >= 0.6 is 0 Å². The van der Waals surface area contributed by atoms with Gasteiger partial charge in [0.05, 0.1) is 13.0 Å². The molecule has 0 bridgehead atoms. The van der Waals surface area contributed by atoms with Crippen LogP contribution in [0.15, 0.2) is 36.4 Å². The Balaban J connectivity index is 2.25. The molecule has 1 atom stereocenters. The summed E-state index contributed by atoms with van der Waals surface area (Å²) in [5.74, 6) is -0.0800. The summed E-state index contributed by atoms with van der Waals surface area (Å²) in [4.78, 5) is 11.4. The molecule has 0 aliphatic rings. The number of rotatable bonds is 3. The van der Waals surface area contributed by atoms with Gasteiger partial charge < -0.3 is 9.84 Å². The molecule has 0 aromatic heterocycles. The minimum atomic E-state index is -0.194. The lowest BCUT2D eigenvalue weighted by Crippen LogP contribution is -2.14. The van der Waals surface area contributed by atoms with Crippen molar-refractivity contribution >= 4 is 16.7 Å². The molecule has 0 saturated heterocycles. The molecular weight excluding hydrogens is 228 g/mol. The van der Waals surface area contributed by atoms with Crippen LogP contribution < -0.4 is 0 Å². The topological polar surface area (TPSA) is 46.5 Å². The van der Waals surface area contributed by atoms with Gasteiger partial charge in [-0.25, -0.2) is 0 Å². The van der Waals surface area contributed by atoms with Gasteiger partial charge in [0.15, 0.2) is 0 Å². The monoisotopic (exact) mass is 244 g/mol. The second-order valence-corrected chi connectivity index (χ2v) is 4.49. The first-order valence-corrected chi connectivity index (χ1v) is 5.89. The number of hydrogen-bond donors (Lipinski definition) is 1. The van der Waals surface area contributed by atoms with Crippen LogP contribution in [0.2, 0.25) is 0 Å². The standard InChI is InChI=1S/C15H16O3/c1-10(15(17)18-2)7-11-3-4-13-9-14(16)6-5-12(13)8-11/h3-6,8-10,16H,7H2,1-2H3. The Morgan fingerprint density at radius 2 is 1.89 bits per heavy atom. The quantitative estimate of drug-likeness (QED) is 0.844. The molecule has 1 N–H and O–H groups in total. The van der Waals surface area contributed by atoms with Crippen molar-refractivity contribution in [1.29, 1.82) is 0 Å². The van der Waals surface area contributed by atoms with Crippen LogP contribution in [-0.2, 0) is 16.0 Å². The molecule has 2 aromatic carbocycles. The van der Waals surface area contributed by atoms with E-state index in [0.29, 0.717) is 6.42 Å². The molecule has 0 spiro atoms. The van der Waals surface area contributed by atoms with Gasteiger partial charge in [-0.3, -0.25) is 4.79 Å². The molecule has 94 valence electrons. The second-order valence-electron chi connectivity index (χ2n) is 4.49. The van der Waals surface area contributed by atoms with Gasteiger partial charge in [0, 0.05) is 0 Å². The predicted molar refractivity (Wildman–Crippen MR) is 70.5 cm³/mol. The summed E-state index contributed by atoms with van der Waals surface area (Å²) in [5, 5.41) is 11.4. The SMILES string of the molecule is COC(=O)C(C)Cc1ccc2cc(O)ccc2c1. The smallest absolute Gasteiger partial charge is 0.308 e. The zero-order valence-corrected chi connectivity index (χ0v) is 10.5. The van der Waals surface area contributed by atoms with E-state index in [4.69, 9.17) is 4.74 Å². The van der Waals surface area contributed by atoms with E-state index in [0.717, 1.165) is 16.3 Å². The number of fused-ring (bicyclic) bond motifs is 1. The summed E-state index contributed by atoms with van der Waals surface area (Å²) in [6.45, 7) is 1.85. The number of aromatic hydroxyl groups is 1. The number of phenolic OH excluding ortho intramolecular Hbond substituents is 1. The van der Waals surface area contributed by atoms with E-state index in [-0.39, 0.29) is 17.6 Å². The van der Waals surface area contributed by atoms with Crippen molar-refractivity contribution in [3.63, 3.8) is 0 Å². The highest BCUT2D eigenvalue weighted by Crippen LogP contribution is 2.22. The normalized spacial score (nSPS) is 12.3. The van der Waals surface area contributed by atoms with Gasteiger partial charge in [0.2, 0.25) is 0 Å². The van der Waals surface area contributed by atoms with Crippen molar-refractivity contribution < 1.29 is 14.6 Å². The third kappa shape index (κ3) is 2.62. The fraction of sp³-hybridized carbons (Fsp3) is 0.267. The van der Waals surface area contributed by atoms with Gasteiger partial charge in [0.1, 0.15) is 5.75 Å². The number of carbonyl (C=O) groups excluding carboxylic acids is 1. The number of benzene rings is 2. The Bertz CT molecular complexity index is 575. The van der Waals surface area contributed by atoms with Crippen molar-refractivity contribution in [2.45, 2.75) is 13.3 Å². The average molecular weight is 244 g/mol.